The van der Waals surface area contributed by atoms with Crippen molar-refractivity contribution in [2.45, 2.75) is 25.9 Å². The van der Waals surface area contributed by atoms with Gasteiger partial charge in [-0.15, -0.1) is 0 Å². The first-order valence-corrected chi connectivity index (χ1v) is 13.5. The second-order valence-corrected chi connectivity index (χ2v) is 10.8. The van der Waals surface area contributed by atoms with Gasteiger partial charge in [0.25, 0.3) is 5.91 Å². The number of carbonyl (C=O) groups excluding carboxylic acids is 1. The number of carbonyl (C=O) groups is 1. The van der Waals surface area contributed by atoms with Crippen molar-refractivity contribution in [1.29, 1.82) is 0 Å². The van der Waals surface area contributed by atoms with Gasteiger partial charge in [-0.3, -0.25) is 9.10 Å². The third kappa shape index (κ3) is 6.10. The van der Waals surface area contributed by atoms with Crippen molar-refractivity contribution in [3.8, 4) is 0 Å². The van der Waals surface area contributed by atoms with Crippen molar-refractivity contribution < 1.29 is 13.2 Å². The Balaban J connectivity index is 1.39. The molecule has 1 N–H and O–H groups in total. The van der Waals surface area contributed by atoms with Gasteiger partial charge in [-0.2, -0.15) is 0 Å². The first kappa shape index (κ1) is 24.1. The predicted octanol–water partition coefficient (Wildman–Crippen LogP) is 4.84. The van der Waals surface area contributed by atoms with Gasteiger partial charge in [-0.1, -0.05) is 35.9 Å². The van der Waals surface area contributed by atoms with Crippen LogP contribution in [0.3, 0.4) is 0 Å². The molecule has 0 spiro atoms. The average molecular weight is 498 g/mol. The third-order valence-corrected chi connectivity index (χ3v) is 7.31. The van der Waals surface area contributed by atoms with Gasteiger partial charge in [-0.05, 0) is 72.5 Å². The molecule has 1 aliphatic heterocycles. The Kier molecular flexibility index (Phi) is 7.44. The van der Waals surface area contributed by atoms with E-state index in [1.165, 1.54) is 29.1 Å². The van der Waals surface area contributed by atoms with Gasteiger partial charge in [0.2, 0.25) is 10.0 Å². The highest BCUT2D eigenvalue weighted by Gasteiger charge is 2.18. The van der Waals surface area contributed by atoms with Crippen LogP contribution in [0.5, 0.6) is 0 Å². The Morgan fingerprint density at radius 1 is 0.912 bits per heavy atom. The zero-order valence-corrected chi connectivity index (χ0v) is 20.6. The molecule has 8 heteroatoms. The van der Waals surface area contributed by atoms with Crippen LogP contribution < -0.4 is 14.5 Å². The summed E-state index contributed by atoms with van der Waals surface area (Å²) in [5.41, 5.74) is 4.02. The number of benzene rings is 3. The van der Waals surface area contributed by atoms with Gasteiger partial charge in [0.1, 0.15) is 0 Å². The molecule has 34 heavy (non-hydrogen) atoms. The number of hydrogen-bond donors (Lipinski definition) is 1. The highest BCUT2D eigenvalue weighted by atomic mass is 35.5. The molecule has 4 rings (SSSR count). The summed E-state index contributed by atoms with van der Waals surface area (Å²) in [6, 6.07) is 21.9. The molecule has 6 nitrogen and oxygen atoms in total. The average Bonchev–Trinajstić information content (AvgIpc) is 3.37. The van der Waals surface area contributed by atoms with Crippen LogP contribution in [0.4, 0.5) is 11.4 Å². The smallest absolute Gasteiger partial charge is 0.251 e. The fourth-order valence-electron chi connectivity index (χ4n) is 4.02. The monoisotopic (exact) mass is 497 g/mol. The van der Waals surface area contributed by atoms with Gasteiger partial charge in [-0.25, -0.2) is 8.42 Å². The lowest BCUT2D eigenvalue weighted by molar-refractivity contribution is 0.0951. The van der Waals surface area contributed by atoms with E-state index in [0.29, 0.717) is 22.8 Å². The van der Waals surface area contributed by atoms with Crippen molar-refractivity contribution in [3.05, 3.63) is 94.5 Å². The highest BCUT2D eigenvalue weighted by Crippen LogP contribution is 2.23. The van der Waals surface area contributed by atoms with E-state index < -0.39 is 10.0 Å². The summed E-state index contributed by atoms with van der Waals surface area (Å²) in [5, 5.41) is 3.52. The number of nitrogens with zero attached hydrogens (tertiary/aromatic N) is 2. The fraction of sp³-hybridized carbons (Fsp3) is 0.269. The molecule has 1 heterocycles. The minimum atomic E-state index is -3.52. The number of anilines is 2. The number of nitrogens with one attached hydrogen (secondary N) is 1. The maximum Gasteiger partial charge on any atom is 0.251 e. The van der Waals surface area contributed by atoms with Gasteiger partial charge in [0, 0.05) is 35.9 Å². The van der Waals surface area contributed by atoms with Gasteiger partial charge in [0.15, 0.2) is 0 Å². The molecular weight excluding hydrogens is 470 g/mol. The lowest BCUT2D eigenvalue weighted by atomic mass is 10.1. The van der Waals surface area contributed by atoms with Crippen molar-refractivity contribution >= 4 is 38.9 Å². The van der Waals surface area contributed by atoms with E-state index in [1.54, 1.807) is 48.5 Å². The normalized spacial score (nSPS) is 13.6. The minimum Gasteiger partial charge on any atom is -0.372 e. The van der Waals surface area contributed by atoms with Crippen LogP contribution >= 0.6 is 11.6 Å². The largest absolute Gasteiger partial charge is 0.372 e. The first-order chi connectivity index (χ1) is 16.3. The second-order valence-electron chi connectivity index (χ2n) is 8.49. The number of hydrogen-bond acceptors (Lipinski definition) is 4. The van der Waals surface area contributed by atoms with E-state index >= 15 is 0 Å². The molecule has 0 saturated carbocycles. The molecule has 0 bridgehead atoms. The molecule has 1 saturated heterocycles. The molecule has 3 aromatic carbocycles. The fourth-order valence-corrected chi connectivity index (χ4v) is 5.03. The summed E-state index contributed by atoms with van der Waals surface area (Å²) < 4.78 is 26.1. The van der Waals surface area contributed by atoms with Crippen LogP contribution in [-0.4, -0.2) is 33.7 Å². The van der Waals surface area contributed by atoms with Crippen molar-refractivity contribution in [1.82, 2.24) is 5.32 Å². The lowest BCUT2D eigenvalue weighted by Gasteiger charge is -2.23. The van der Waals surface area contributed by atoms with Crippen molar-refractivity contribution in [3.63, 3.8) is 0 Å². The third-order valence-electron chi connectivity index (χ3n) is 5.92. The molecule has 3 aromatic rings. The summed E-state index contributed by atoms with van der Waals surface area (Å²) >= 11 is 5.93. The van der Waals surface area contributed by atoms with E-state index in [2.05, 4.69) is 22.3 Å². The van der Waals surface area contributed by atoms with Gasteiger partial charge >= 0.3 is 0 Å². The van der Waals surface area contributed by atoms with Gasteiger partial charge < -0.3 is 10.2 Å². The van der Waals surface area contributed by atoms with E-state index in [-0.39, 0.29) is 12.5 Å². The summed E-state index contributed by atoms with van der Waals surface area (Å²) in [4.78, 5) is 15.0. The first-order valence-electron chi connectivity index (χ1n) is 11.2. The number of rotatable bonds is 8. The molecule has 0 radical (unpaired) electrons. The Morgan fingerprint density at radius 2 is 1.50 bits per heavy atom. The topological polar surface area (TPSA) is 69.7 Å². The molecular formula is C26H28ClN3O3S. The zero-order valence-electron chi connectivity index (χ0n) is 19.1. The van der Waals surface area contributed by atoms with Crippen molar-refractivity contribution in [2.24, 2.45) is 0 Å². The van der Waals surface area contributed by atoms with Crippen LogP contribution in [-0.2, 0) is 23.1 Å². The molecule has 1 fully saturated rings. The Hall–Kier alpha value is -3.03. The molecule has 0 unspecified atom stereocenters. The molecule has 178 valence electrons. The molecule has 0 aromatic heterocycles. The number of halogens is 1. The van der Waals surface area contributed by atoms with E-state index in [4.69, 9.17) is 11.6 Å². The zero-order chi connectivity index (χ0) is 24.1. The van der Waals surface area contributed by atoms with E-state index in [1.807, 2.05) is 12.1 Å². The standard InChI is InChI=1S/C26H28ClN3O3S/c1-34(32,33)30(19-21-4-10-23(27)11-5-21)25-14-8-22(9-15-25)26(31)28-18-20-6-12-24(13-7-20)29-16-2-3-17-29/h4-15H,2-3,16-19H2,1H3,(H,28,31). The summed E-state index contributed by atoms with van der Waals surface area (Å²) in [5.74, 6) is -0.209. The summed E-state index contributed by atoms with van der Waals surface area (Å²) in [7, 11) is -3.52. The molecule has 0 atom stereocenters. The number of amides is 1. The predicted molar refractivity (Wildman–Crippen MR) is 138 cm³/mol. The van der Waals surface area contributed by atoms with E-state index in [9.17, 15) is 13.2 Å². The summed E-state index contributed by atoms with van der Waals surface area (Å²) in [6.07, 6.45) is 3.64. The number of sulfonamides is 1. The Labute approximate surface area is 206 Å². The lowest BCUT2D eigenvalue weighted by Crippen LogP contribution is -2.29. The van der Waals surface area contributed by atoms with Crippen LogP contribution in [0, 0.1) is 0 Å². The molecule has 1 amide bonds. The summed E-state index contributed by atoms with van der Waals surface area (Å²) in [6.45, 7) is 2.80. The van der Waals surface area contributed by atoms with Crippen LogP contribution in [0.25, 0.3) is 0 Å². The Bertz CT molecular complexity index is 1220. The van der Waals surface area contributed by atoms with Crippen LogP contribution in [0.2, 0.25) is 5.02 Å². The second kappa shape index (κ2) is 10.5. The molecule has 0 aliphatic carbocycles. The quantitative estimate of drug-likeness (QED) is 0.483. The van der Waals surface area contributed by atoms with E-state index in [0.717, 1.165) is 24.2 Å². The van der Waals surface area contributed by atoms with Crippen LogP contribution in [0.15, 0.2) is 72.8 Å². The Morgan fingerprint density at radius 3 is 2.09 bits per heavy atom. The maximum atomic E-state index is 12.6. The SMILES string of the molecule is CS(=O)(=O)N(Cc1ccc(Cl)cc1)c1ccc(C(=O)NCc2ccc(N3CCCC3)cc2)cc1. The molecule has 1 aliphatic rings. The maximum absolute atomic E-state index is 12.6. The van der Waals surface area contributed by atoms with Crippen LogP contribution in [0.1, 0.15) is 34.3 Å². The highest BCUT2D eigenvalue weighted by molar-refractivity contribution is 7.92. The van der Waals surface area contributed by atoms with Crippen molar-refractivity contribution in [2.75, 3.05) is 28.6 Å². The minimum absolute atomic E-state index is 0.176. The van der Waals surface area contributed by atoms with Gasteiger partial charge in [0.05, 0.1) is 18.5 Å².